The van der Waals surface area contributed by atoms with Crippen molar-refractivity contribution in [1.29, 1.82) is 5.26 Å². The lowest BCUT2D eigenvalue weighted by molar-refractivity contribution is -0.113. The first-order valence-electron chi connectivity index (χ1n) is 6.66. The van der Waals surface area contributed by atoms with Crippen LogP contribution in [0, 0.1) is 17.1 Å². The zero-order valence-corrected chi connectivity index (χ0v) is 13.7. The number of nitrogens with zero attached hydrogens (tertiary/aromatic N) is 3. The van der Waals surface area contributed by atoms with Crippen molar-refractivity contribution >= 4 is 34.0 Å². The molecule has 0 aliphatic carbocycles. The average molecular weight is 360 g/mol. The molecule has 0 radical (unpaired) electrons. The normalized spacial score (nSPS) is 10.3. The predicted octanol–water partition coefficient (Wildman–Crippen LogP) is 3.54. The summed E-state index contributed by atoms with van der Waals surface area (Å²) in [6.07, 6.45) is 0. The number of halogens is 1. The second-order valence-corrected chi connectivity index (χ2v) is 6.31. The van der Waals surface area contributed by atoms with Crippen LogP contribution < -0.4 is 5.32 Å². The summed E-state index contributed by atoms with van der Waals surface area (Å²) in [6.45, 7) is 0. The number of nitriles is 1. The standard InChI is InChI=1S/C15H9FN4O2S2/c16-11-4-2-1-3-10(11)13-19-20-15(22-13)24-8-12(21)18-14-9(7-17)5-6-23-14/h1-6H,8H2,(H,18,21). The molecule has 0 aliphatic rings. The fourth-order valence-corrected chi connectivity index (χ4v) is 3.11. The Kier molecular flexibility index (Phi) is 4.88. The molecule has 0 bridgehead atoms. The second kappa shape index (κ2) is 7.25. The van der Waals surface area contributed by atoms with E-state index in [4.69, 9.17) is 9.68 Å². The van der Waals surface area contributed by atoms with Gasteiger partial charge in [-0.3, -0.25) is 4.79 Å². The summed E-state index contributed by atoms with van der Waals surface area (Å²) in [5, 5.41) is 21.5. The minimum atomic E-state index is -0.461. The molecule has 1 aromatic carbocycles. The molecule has 0 saturated heterocycles. The van der Waals surface area contributed by atoms with Gasteiger partial charge in [0.1, 0.15) is 16.9 Å². The van der Waals surface area contributed by atoms with Crippen molar-refractivity contribution in [2.45, 2.75) is 5.22 Å². The monoisotopic (exact) mass is 360 g/mol. The third kappa shape index (κ3) is 3.61. The van der Waals surface area contributed by atoms with Gasteiger partial charge in [-0.1, -0.05) is 23.9 Å². The third-order valence-electron chi connectivity index (χ3n) is 2.88. The molecule has 1 N–H and O–H groups in total. The van der Waals surface area contributed by atoms with Crippen LogP contribution in [-0.2, 0) is 4.79 Å². The van der Waals surface area contributed by atoms with Crippen LogP contribution >= 0.6 is 23.1 Å². The fourth-order valence-electron chi connectivity index (χ4n) is 1.80. The SMILES string of the molecule is N#Cc1ccsc1NC(=O)CSc1nnc(-c2ccccc2F)o1. The molecule has 9 heteroatoms. The third-order valence-corrected chi connectivity index (χ3v) is 4.52. The van der Waals surface area contributed by atoms with Gasteiger partial charge in [0.2, 0.25) is 5.91 Å². The molecule has 0 unspecified atom stereocenters. The largest absolute Gasteiger partial charge is 0.411 e. The van der Waals surface area contributed by atoms with E-state index in [1.165, 1.54) is 23.5 Å². The van der Waals surface area contributed by atoms with Crippen LogP contribution in [0.2, 0.25) is 0 Å². The van der Waals surface area contributed by atoms with Crippen LogP contribution in [0.4, 0.5) is 9.39 Å². The van der Waals surface area contributed by atoms with Crippen molar-refractivity contribution in [2.75, 3.05) is 11.1 Å². The van der Waals surface area contributed by atoms with E-state index in [-0.39, 0.29) is 28.3 Å². The van der Waals surface area contributed by atoms with Gasteiger partial charge < -0.3 is 9.73 Å². The molecule has 2 heterocycles. The molecule has 6 nitrogen and oxygen atoms in total. The van der Waals surface area contributed by atoms with Crippen LogP contribution in [0.3, 0.4) is 0 Å². The number of hydrogen-bond donors (Lipinski definition) is 1. The summed E-state index contributed by atoms with van der Waals surface area (Å²) in [7, 11) is 0. The summed E-state index contributed by atoms with van der Waals surface area (Å²) >= 11 is 2.30. The molecule has 24 heavy (non-hydrogen) atoms. The lowest BCUT2D eigenvalue weighted by Gasteiger charge is -2.01. The number of rotatable bonds is 5. The number of aromatic nitrogens is 2. The highest BCUT2D eigenvalue weighted by molar-refractivity contribution is 7.99. The van der Waals surface area contributed by atoms with Gasteiger partial charge in [-0.2, -0.15) is 5.26 Å². The Hall–Kier alpha value is -2.70. The summed E-state index contributed by atoms with van der Waals surface area (Å²) in [5.41, 5.74) is 0.622. The highest BCUT2D eigenvalue weighted by Gasteiger charge is 2.14. The quantitative estimate of drug-likeness (QED) is 0.700. The van der Waals surface area contributed by atoms with Gasteiger partial charge in [0.25, 0.3) is 11.1 Å². The molecule has 0 saturated carbocycles. The zero-order valence-electron chi connectivity index (χ0n) is 12.0. The highest BCUT2D eigenvalue weighted by Crippen LogP contribution is 2.26. The first-order valence-corrected chi connectivity index (χ1v) is 8.52. The Morgan fingerprint density at radius 2 is 2.21 bits per heavy atom. The smallest absolute Gasteiger partial charge is 0.277 e. The summed E-state index contributed by atoms with van der Waals surface area (Å²) in [4.78, 5) is 11.9. The number of carbonyl (C=O) groups excluding carboxylic acids is 1. The number of thioether (sulfide) groups is 1. The number of carbonyl (C=O) groups is 1. The molecule has 0 aliphatic heterocycles. The van der Waals surface area contributed by atoms with E-state index in [0.717, 1.165) is 11.8 Å². The van der Waals surface area contributed by atoms with Crippen molar-refractivity contribution in [3.63, 3.8) is 0 Å². The van der Waals surface area contributed by atoms with Gasteiger partial charge in [0.05, 0.1) is 16.9 Å². The average Bonchev–Trinajstić information content (AvgIpc) is 3.22. The number of amides is 1. The first kappa shape index (κ1) is 16.2. The van der Waals surface area contributed by atoms with Crippen LogP contribution in [-0.4, -0.2) is 21.9 Å². The van der Waals surface area contributed by atoms with Crippen LogP contribution in [0.25, 0.3) is 11.5 Å². The Balaban J connectivity index is 1.61. The van der Waals surface area contributed by atoms with Crippen molar-refractivity contribution in [2.24, 2.45) is 0 Å². The second-order valence-electron chi connectivity index (χ2n) is 4.47. The van der Waals surface area contributed by atoms with Crippen molar-refractivity contribution in [3.8, 4) is 17.5 Å². The lowest BCUT2D eigenvalue weighted by atomic mass is 10.2. The molecule has 0 fully saturated rings. The fraction of sp³-hybridized carbons (Fsp3) is 0.0667. The molecule has 3 rings (SSSR count). The van der Waals surface area contributed by atoms with Gasteiger partial charge in [-0.25, -0.2) is 4.39 Å². The minimum absolute atomic E-state index is 0.0294. The number of nitrogens with one attached hydrogen (secondary N) is 1. The number of hydrogen-bond acceptors (Lipinski definition) is 7. The topological polar surface area (TPSA) is 91.8 Å². The maximum atomic E-state index is 13.7. The van der Waals surface area contributed by atoms with E-state index >= 15 is 0 Å². The Labute approximate surface area is 144 Å². The zero-order chi connectivity index (χ0) is 16.9. The van der Waals surface area contributed by atoms with Gasteiger partial charge in [-0.15, -0.1) is 21.5 Å². The van der Waals surface area contributed by atoms with Gasteiger partial charge >= 0.3 is 0 Å². The van der Waals surface area contributed by atoms with E-state index in [2.05, 4.69) is 15.5 Å². The maximum absolute atomic E-state index is 13.7. The van der Waals surface area contributed by atoms with E-state index in [1.807, 2.05) is 6.07 Å². The molecular formula is C15H9FN4O2S2. The van der Waals surface area contributed by atoms with E-state index < -0.39 is 5.82 Å². The van der Waals surface area contributed by atoms with Crippen molar-refractivity contribution in [3.05, 3.63) is 47.1 Å². The molecule has 0 spiro atoms. The van der Waals surface area contributed by atoms with Crippen LogP contribution in [0.1, 0.15) is 5.56 Å². The molecule has 120 valence electrons. The van der Waals surface area contributed by atoms with Gasteiger partial charge in [0, 0.05) is 0 Å². The van der Waals surface area contributed by atoms with Gasteiger partial charge in [-0.05, 0) is 23.6 Å². The first-order chi connectivity index (χ1) is 11.7. The van der Waals surface area contributed by atoms with E-state index in [0.29, 0.717) is 10.6 Å². The van der Waals surface area contributed by atoms with E-state index in [1.54, 1.807) is 23.6 Å². The summed E-state index contributed by atoms with van der Waals surface area (Å²) in [5.74, 6) is -0.676. The minimum Gasteiger partial charge on any atom is -0.411 e. The summed E-state index contributed by atoms with van der Waals surface area (Å²) < 4.78 is 19.0. The van der Waals surface area contributed by atoms with Gasteiger partial charge in [0.15, 0.2) is 0 Å². The highest BCUT2D eigenvalue weighted by atomic mass is 32.2. The molecule has 1 amide bonds. The van der Waals surface area contributed by atoms with Crippen molar-refractivity contribution in [1.82, 2.24) is 10.2 Å². The number of benzene rings is 1. The number of anilines is 1. The lowest BCUT2D eigenvalue weighted by Crippen LogP contribution is -2.13. The Morgan fingerprint density at radius 1 is 1.38 bits per heavy atom. The van der Waals surface area contributed by atoms with Crippen molar-refractivity contribution < 1.29 is 13.6 Å². The number of thiophene rings is 1. The maximum Gasteiger partial charge on any atom is 0.277 e. The summed E-state index contributed by atoms with van der Waals surface area (Å²) in [6, 6.07) is 9.68. The Morgan fingerprint density at radius 3 is 3.00 bits per heavy atom. The molecule has 3 aromatic rings. The molecular weight excluding hydrogens is 351 g/mol. The Bertz CT molecular complexity index is 916. The van der Waals surface area contributed by atoms with Crippen LogP contribution in [0.15, 0.2) is 45.4 Å². The molecule has 2 aromatic heterocycles. The van der Waals surface area contributed by atoms with E-state index in [9.17, 15) is 9.18 Å². The predicted molar refractivity (Wildman–Crippen MR) is 88.1 cm³/mol. The molecule has 0 atom stereocenters. The van der Waals surface area contributed by atoms with Crippen LogP contribution in [0.5, 0.6) is 0 Å².